The first-order valence-corrected chi connectivity index (χ1v) is 10.4. The maximum absolute atomic E-state index is 12.3. The Labute approximate surface area is 188 Å². The minimum atomic E-state index is -0.192. The number of carbonyl (C=O) groups excluding carboxylic acids is 2. The molecule has 0 aliphatic carbocycles. The molecule has 0 bridgehead atoms. The molecule has 0 spiro atoms. The fourth-order valence-electron chi connectivity index (χ4n) is 3.04. The minimum absolute atomic E-state index is 0.0534. The van der Waals surface area contributed by atoms with Crippen molar-refractivity contribution < 1.29 is 14.3 Å². The molecule has 0 atom stereocenters. The summed E-state index contributed by atoms with van der Waals surface area (Å²) in [5, 5.41) is 8.81. The Morgan fingerprint density at radius 2 is 1.50 bits per heavy atom. The molecule has 164 valence electrons. The standard InChI is InChI=1S/C26H27N3O3/c1-2-16-32-24-13-7-12-23(18-24)29-26(31)19-27-21-10-6-11-22(17-21)28-25(30)15-14-20-8-4-3-5-9-20/h2-13,17-18,27H,1,14-16,19H2,(H,28,30)(H,29,31). The lowest BCUT2D eigenvalue weighted by atomic mass is 10.1. The van der Waals surface area contributed by atoms with Crippen molar-refractivity contribution in [2.75, 3.05) is 29.1 Å². The number of nitrogens with one attached hydrogen (secondary N) is 3. The quantitative estimate of drug-likeness (QED) is 0.380. The Bertz CT molecular complexity index is 1050. The number of anilines is 3. The van der Waals surface area contributed by atoms with Gasteiger partial charge in [-0.3, -0.25) is 9.59 Å². The van der Waals surface area contributed by atoms with E-state index in [-0.39, 0.29) is 18.4 Å². The summed E-state index contributed by atoms with van der Waals surface area (Å²) in [6, 6.07) is 24.4. The Balaban J connectivity index is 1.46. The summed E-state index contributed by atoms with van der Waals surface area (Å²) >= 11 is 0. The Morgan fingerprint density at radius 1 is 0.812 bits per heavy atom. The Morgan fingerprint density at radius 3 is 2.28 bits per heavy atom. The van der Waals surface area contributed by atoms with Gasteiger partial charge in [-0.1, -0.05) is 55.1 Å². The van der Waals surface area contributed by atoms with E-state index in [1.807, 2.05) is 60.7 Å². The molecule has 0 heterocycles. The van der Waals surface area contributed by atoms with Gasteiger partial charge in [0.05, 0.1) is 6.54 Å². The van der Waals surface area contributed by atoms with E-state index in [0.717, 1.165) is 11.3 Å². The van der Waals surface area contributed by atoms with Crippen LogP contribution < -0.4 is 20.7 Å². The van der Waals surface area contributed by atoms with Crippen LogP contribution in [-0.4, -0.2) is 25.0 Å². The number of hydrogen-bond donors (Lipinski definition) is 3. The van der Waals surface area contributed by atoms with Crippen LogP contribution >= 0.6 is 0 Å². The molecule has 3 rings (SSSR count). The van der Waals surface area contributed by atoms with Crippen LogP contribution in [0.4, 0.5) is 17.1 Å². The fraction of sp³-hybridized carbons (Fsp3) is 0.154. The normalized spacial score (nSPS) is 10.1. The summed E-state index contributed by atoms with van der Waals surface area (Å²) in [6.45, 7) is 4.10. The zero-order valence-electron chi connectivity index (χ0n) is 17.8. The van der Waals surface area contributed by atoms with Gasteiger partial charge in [-0.25, -0.2) is 0 Å². The molecule has 6 heteroatoms. The molecule has 0 saturated carbocycles. The van der Waals surface area contributed by atoms with Crippen LogP contribution in [-0.2, 0) is 16.0 Å². The third kappa shape index (κ3) is 7.65. The monoisotopic (exact) mass is 429 g/mol. The van der Waals surface area contributed by atoms with Gasteiger partial charge < -0.3 is 20.7 Å². The first kappa shape index (κ1) is 22.6. The maximum atomic E-state index is 12.3. The van der Waals surface area contributed by atoms with Gasteiger partial charge >= 0.3 is 0 Å². The van der Waals surface area contributed by atoms with Gasteiger partial charge in [0.15, 0.2) is 0 Å². The lowest BCUT2D eigenvalue weighted by molar-refractivity contribution is -0.116. The van der Waals surface area contributed by atoms with Crippen molar-refractivity contribution in [2.45, 2.75) is 12.8 Å². The second kappa shape index (κ2) is 12.0. The van der Waals surface area contributed by atoms with E-state index in [1.165, 1.54) is 0 Å². The molecule has 3 aromatic rings. The van der Waals surface area contributed by atoms with Crippen LogP contribution in [0, 0.1) is 0 Å². The van der Waals surface area contributed by atoms with Crippen molar-refractivity contribution in [3.63, 3.8) is 0 Å². The molecular weight excluding hydrogens is 402 g/mol. The maximum Gasteiger partial charge on any atom is 0.243 e. The molecule has 3 aromatic carbocycles. The van der Waals surface area contributed by atoms with Gasteiger partial charge in [0.1, 0.15) is 12.4 Å². The van der Waals surface area contributed by atoms with E-state index in [9.17, 15) is 9.59 Å². The second-order valence-electron chi connectivity index (χ2n) is 7.14. The van der Waals surface area contributed by atoms with Crippen molar-refractivity contribution in [3.8, 4) is 5.75 Å². The molecular formula is C26H27N3O3. The van der Waals surface area contributed by atoms with Crippen LogP contribution in [0.15, 0.2) is 91.5 Å². The molecule has 0 aliphatic heterocycles. The highest BCUT2D eigenvalue weighted by Gasteiger charge is 2.06. The SMILES string of the molecule is C=CCOc1cccc(NC(=O)CNc2cccc(NC(=O)CCc3ccccc3)c2)c1. The summed E-state index contributed by atoms with van der Waals surface area (Å²) in [5.41, 5.74) is 3.20. The van der Waals surface area contributed by atoms with Crippen LogP contribution in [0.5, 0.6) is 5.75 Å². The highest BCUT2D eigenvalue weighted by Crippen LogP contribution is 2.18. The van der Waals surface area contributed by atoms with Crippen LogP contribution in [0.3, 0.4) is 0 Å². The summed E-state index contributed by atoms with van der Waals surface area (Å²) in [4.78, 5) is 24.5. The molecule has 0 aromatic heterocycles. The number of hydrogen-bond acceptors (Lipinski definition) is 4. The first-order valence-electron chi connectivity index (χ1n) is 10.4. The highest BCUT2D eigenvalue weighted by atomic mass is 16.5. The van der Waals surface area contributed by atoms with E-state index in [0.29, 0.717) is 36.6 Å². The van der Waals surface area contributed by atoms with Crippen LogP contribution in [0.1, 0.15) is 12.0 Å². The van der Waals surface area contributed by atoms with Crippen LogP contribution in [0.25, 0.3) is 0 Å². The topological polar surface area (TPSA) is 79.5 Å². The predicted octanol–water partition coefficient (Wildman–Crippen LogP) is 4.87. The van der Waals surface area contributed by atoms with E-state index in [4.69, 9.17) is 4.74 Å². The lowest BCUT2D eigenvalue weighted by Gasteiger charge is -2.11. The molecule has 0 fully saturated rings. The number of carbonyl (C=O) groups is 2. The molecule has 32 heavy (non-hydrogen) atoms. The van der Waals surface area contributed by atoms with Crippen molar-refractivity contribution in [1.29, 1.82) is 0 Å². The summed E-state index contributed by atoms with van der Waals surface area (Å²) < 4.78 is 5.47. The number of aryl methyl sites for hydroxylation is 1. The van der Waals surface area contributed by atoms with E-state index < -0.39 is 0 Å². The summed E-state index contributed by atoms with van der Waals surface area (Å²) in [6.07, 6.45) is 2.75. The van der Waals surface area contributed by atoms with Gasteiger partial charge in [-0.15, -0.1) is 0 Å². The highest BCUT2D eigenvalue weighted by molar-refractivity contribution is 5.94. The van der Waals surface area contributed by atoms with Crippen molar-refractivity contribution in [1.82, 2.24) is 0 Å². The molecule has 2 amide bonds. The third-order valence-electron chi connectivity index (χ3n) is 4.57. The smallest absolute Gasteiger partial charge is 0.243 e. The number of benzene rings is 3. The van der Waals surface area contributed by atoms with E-state index in [2.05, 4.69) is 22.5 Å². The van der Waals surface area contributed by atoms with Gasteiger partial charge in [0, 0.05) is 29.5 Å². The first-order chi connectivity index (χ1) is 15.6. The minimum Gasteiger partial charge on any atom is -0.489 e. The number of ether oxygens (including phenoxy) is 1. The Hall–Kier alpha value is -4.06. The van der Waals surface area contributed by atoms with Crippen molar-refractivity contribution in [2.24, 2.45) is 0 Å². The third-order valence-corrected chi connectivity index (χ3v) is 4.57. The second-order valence-corrected chi connectivity index (χ2v) is 7.14. The van der Waals surface area contributed by atoms with Crippen LogP contribution in [0.2, 0.25) is 0 Å². The molecule has 6 nitrogen and oxygen atoms in total. The van der Waals surface area contributed by atoms with Crippen molar-refractivity contribution >= 4 is 28.9 Å². The van der Waals surface area contributed by atoms with Gasteiger partial charge in [0.2, 0.25) is 11.8 Å². The summed E-state index contributed by atoms with van der Waals surface area (Å²) in [5.74, 6) is 0.414. The molecule has 0 unspecified atom stereocenters. The van der Waals surface area contributed by atoms with Gasteiger partial charge in [-0.2, -0.15) is 0 Å². The van der Waals surface area contributed by atoms with E-state index in [1.54, 1.807) is 24.3 Å². The molecule has 0 aliphatic rings. The average molecular weight is 430 g/mol. The van der Waals surface area contributed by atoms with E-state index >= 15 is 0 Å². The molecule has 0 radical (unpaired) electrons. The zero-order valence-corrected chi connectivity index (χ0v) is 17.8. The largest absolute Gasteiger partial charge is 0.489 e. The average Bonchev–Trinajstić information content (AvgIpc) is 2.81. The fourth-order valence-corrected chi connectivity index (χ4v) is 3.04. The predicted molar refractivity (Wildman–Crippen MR) is 129 cm³/mol. The van der Waals surface area contributed by atoms with Crippen molar-refractivity contribution in [3.05, 3.63) is 97.1 Å². The van der Waals surface area contributed by atoms with Gasteiger partial charge in [-0.05, 0) is 42.3 Å². The number of rotatable bonds is 11. The molecule has 0 saturated heterocycles. The van der Waals surface area contributed by atoms with Gasteiger partial charge in [0.25, 0.3) is 0 Å². The number of amides is 2. The lowest BCUT2D eigenvalue weighted by Crippen LogP contribution is -2.21. The molecule has 3 N–H and O–H groups in total. The summed E-state index contributed by atoms with van der Waals surface area (Å²) in [7, 11) is 0. The Kier molecular flexibility index (Phi) is 8.45. The zero-order chi connectivity index (χ0) is 22.6.